The van der Waals surface area contributed by atoms with E-state index in [4.69, 9.17) is 14.2 Å². The maximum absolute atomic E-state index is 5.90. The fourth-order valence-corrected chi connectivity index (χ4v) is 2.46. The molecule has 0 spiro atoms. The Labute approximate surface area is 120 Å². The lowest BCUT2D eigenvalue weighted by molar-refractivity contribution is 0.0308. The largest absolute Gasteiger partial charge is 0.496 e. The van der Waals surface area contributed by atoms with E-state index in [1.54, 1.807) is 7.11 Å². The molecule has 1 atom stereocenters. The third kappa shape index (κ3) is 3.72. The van der Waals surface area contributed by atoms with Crippen molar-refractivity contribution in [1.29, 1.82) is 0 Å². The van der Waals surface area contributed by atoms with Gasteiger partial charge in [0.15, 0.2) is 0 Å². The summed E-state index contributed by atoms with van der Waals surface area (Å²) in [6.45, 7) is 3.04. The molecule has 1 saturated heterocycles. The highest BCUT2D eigenvalue weighted by atomic mass is 16.5. The highest BCUT2D eigenvalue weighted by Crippen LogP contribution is 2.24. The van der Waals surface area contributed by atoms with Crippen LogP contribution in [0.15, 0.2) is 18.2 Å². The van der Waals surface area contributed by atoms with Crippen molar-refractivity contribution in [3.05, 3.63) is 29.3 Å². The Balaban J connectivity index is 1.60. The fourth-order valence-electron chi connectivity index (χ4n) is 2.46. The molecule has 0 radical (unpaired) electrons. The zero-order valence-electron chi connectivity index (χ0n) is 12.1. The highest BCUT2D eigenvalue weighted by molar-refractivity contribution is 5.37. The van der Waals surface area contributed by atoms with E-state index >= 15 is 0 Å². The van der Waals surface area contributed by atoms with Gasteiger partial charge in [-0.05, 0) is 37.0 Å². The Bertz CT molecular complexity index is 439. The van der Waals surface area contributed by atoms with E-state index in [-0.39, 0.29) is 6.10 Å². The van der Waals surface area contributed by atoms with Gasteiger partial charge < -0.3 is 19.5 Å². The third-order valence-corrected chi connectivity index (χ3v) is 3.88. The van der Waals surface area contributed by atoms with Crippen LogP contribution in [0.3, 0.4) is 0 Å². The van der Waals surface area contributed by atoms with E-state index in [0.29, 0.717) is 13.2 Å². The molecule has 1 saturated carbocycles. The van der Waals surface area contributed by atoms with Crippen LogP contribution in [0.4, 0.5) is 0 Å². The van der Waals surface area contributed by atoms with Crippen LogP contribution in [0.1, 0.15) is 30.4 Å². The summed E-state index contributed by atoms with van der Waals surface area (Å²) in [5, 5.41) is 3.53. The van der Waals surface area contributed by atoms with Gasteiger partial charge in [-0.1, -0.05) is 6.07 Å². The first-order valence-corrected chi connectivity index (χ1v) is 7.43. The van der Waals surface area contributed by atoms with Crippen molar-refractivity contribution in [2.75, 3.05) is 20.3 Å². The number of hydrogen-bond acceptors (Lipinski definition) is 4. The summed E-state index contributed by atoms with van der Waals surface area (Å²) in [4.78, 5) is 0. The molecule has 4 heteroatoms. The zero-order valence-corrected chi connectivity index (χ0v) is 12.1. The van der Waals surface area contributed by atoms with Crippen LogP contribution in [-0.4, -0.2) is 32.5 Å². The second-order valence-corrected chi connectivity index (χ2v) is 5.60. The second kappa shape index (κ2) is 6.57. The fraction of sp³-hybridized carbons (Fsp3) is 0.625. The van der Waals surface area contributed by atoms with E-state index < -0.39 is 0 Å². The van der Waals surface area contributed by atoms with Crippen LogP contribution in [0.5, 0.6) is 5.75 Å². The van der Waals surface area contributed by atoms with Crippen molar-refractivity contribution in [3.63, 3.8) is 0 Å². The molecule has 1 aliphatic carbocycles. The standard InChI is InChI=1S/C16H23NO3/c1-18-16-5-2-12(9-17-14-3-4-14)8-13(16)10-20-15-6-7-19-11-15/h2,5,8,14-15,17H,3-4,6-7,9-11H2,1H3. The summed E-state index contributed by atoms with van der Waals surface area (Å²) in [5.74, 6) is 0.902. The van der Waals surface area contributed by atoms with Crippen molar-refractivity contribution in [2.24, 2.45) is 0 Å². The molecule has 110 valence electrons. The van der Waals surface area contributed by atoms with Gasteiger partial charge in [0.05, 0.1) is 26.4 Å². The Morgan fingerprint density at radius 3 is 2.90 bits per heavy atom. The van der Waals surface area contributed by atoms with E-state index in [1.165, 1.54) is 18.4 Å². The molecule has 20 heavy (non-hydrogen) atoms. The molecule has 1 aromatic rings. The van der Waals surface area contributed by atoms with Crippen molar-refractivity contribution in [3.8, 4) is 5.75 Å². The summed E-state index contributed by atoms with van der Waals surface area (Å²) >= 11 is 0. The van der Waals surface area contributed by atoms with E-state index in [1.807, 2.05) is 6.07 Å². The lowest BCUT2D eigenvalue weighted by Crippen LogP contribution is -2.16. The first kappa shape index (κ1) is 13.9. The van der Waals surface area contributed by atoms with Gasteiger partial charge >= 0.3 is 0 Å². The van der Waals surface area contributed by atoms with Crippen LogP contribution in [0.25, 0.3) is 0 Å². The zero-order chi connectivity index (χ0) is 13.8. The first-order valence-electron chi connectivity index (χ1n) is 7.43. The van der Waals surface area contributed by atoms with Crippen molar-refractivity contribution >= 4 is 0 Å². The smallest absolute Gasteiger partial charge is 0.124 e. The molecule has 0 aromatic heterocycles. The van der Waals surface area contributed by atoms with Crippen molar-refractivity contribution in [2.45, 2.75) is 44.6 Å². The summed E-state index contributed by atoms with van der Waals surface area (Å²) < 4.78 is 16.7. The molecule has 1 aliphatic heterocycles. The predicted molar refractivity (Wildman–Crippen MR) is 76.9 cm³/mol. The molecule has 2 aliphatic rings. The van der Waals surface area contributed by atoms with Gasteiger partial charge in [0, 0.05) is 24.8 Å². The Hall–Kier alpha value is -1.10. The Kier molecular flexibility index (Phi) is 4.55. The molecule has 3 rings (SSSR count). The summed E-state index contributed by atoms with van der Waals surface area (Å²) in [6, 6.07) is 7.07. The highest BCUT2D eigenvalue weighted by Gasteiger charge is 2.20. The van der Waals surface area contributed by atoms with Gasteiger partial charge in [0.1, 0.15) is 5.75 Å². The van der Waals surface area contributed by atoms with Gasteiger partial charge in [-0.3, -0.25) is 0 Å². The van der Waals surface area contributed by atoms with Gasteiger partial charge in [-0.25, -0.2) is 0 Å². The second-order valence-electron chi connectivity index (χ2n) is 5.60. The number of hydrogen-bond donors (Lipinski definition) is 1. The lowest BCUT2D eigenvalue weighted by Gasteiger charge is -2.14. The van der Waals surface area contributed by atoms with E-state index in [2.05, 4.69) is 17.4 Å². The topological polar surface area (TPSA) is 39.7 Å². The van der Waals surface area contributed by atoms with Crippen molar-refractivity contribution in [1.82, 2.24) is 5.32 Å². The van der Waals surface area contributed by atoms with E-state index in [9.17, 15) is 0 Å². The summed E-state index contributed by atoms with van der Waals surface area (Å²) in [6.07, 6.45) is 3.85. The monoisotopic (exact) mass is 277 g/mol. The molecule has 4 nitrogen and oxygen atoms in total. The van der Waals surface area contributed by atoms with Crippen LogP contribution < -0.4 is 10.1 Å². The molecule has 0 bridgehead atoms. The van der Waals surface area contributed by atoms with Gasteiger partial charge in [0.2, 0.25) is 0 Å². The number of methoxy groups -OCH3 is 1. The summed E-state index contributed by atoms with van der Waals surface area (Å²) in [7, 11) is 1.71. The lowest BCUT2D eigenvalue weighted by atomic mass is 10.1. The number of rotatable bonds is 7. The molecule has 1 heterocycles. The predicted octanol–water partition coefficient (Wildman–Crippen LogP) is 2.25. The third-order valence-electron chi connectivity index (χ3n) is 3.88. The summed E-state index contributed by atoms with van der Waals surface area (Å²) in [5.41, 5.74) is 2.41. The minimum atomic E-state index is 0.230. The maximum Gasteiger partial charge on any atom is 0.124 e. The van der Waals surface area contributed by atoms with Gasteiger partial charge in [-0.15, -0.1) is 0 Å². The average molecular weight is 277 g/mol. The maximum atomic E-state index is 5.90. The van der Waals surface area contributed by atoms with Crippen LogP contribution in [0.2, 0.25) is 0 Å². The van der Waals surface area contributed by atoms with E-state index in [0.717, 1.165) is 36.9 Å². The number of benzene rings is 1. The molecule has 1 N–H and O–H groups in total. The van der Waals surface area contributed by atoms with Crippen LogP contribution >= 0.6 is 0 Å². The molecule has 2 fully saturated rings. The molecule has 0 amide bonds. The van der Waals surface area contributed by atoms with Gasteiger partial charge in [-0.2, -0.15) is 0 Å². The average Bonchev–Trinajstić information content (AvgIpc) is 3.17. The Morgan fingerprint density at radius 2 is 2.20 bits per heavy atom. The first-order chi connectivity index (χ1) is 9.85. The minimum Gasteiger partial charge on any atom is -0.496 e. The normalized spacial score (nSPS) is 22.1. The van der Waals surface area contributed by atoms with Crippen LogP contribution in [-0.2, 0) is 22.6 Å². The molecule has 1 aromatic carbocycles. The number of ether oxygens (including phenoxy) is 3. The quantitative estimate of drug-likeness (QED) is 0.830. The van der Waals surface area contributed by atoms with Crippen LogP contribution in [0, 0.1) is 0 Å². The van der Waals surface area contributed by atoms with Gasteiger partial charge in [0.25, 0.3) is 0 Å². The molecule has 1 unspecified atom stereocenters. The molecular weight excluding hydrogens is 254 g/mol. The SMILES string of the molecule is COc1ccc(CNC2CC2)cc1COC1CCOC1. The Morgan fingerprint density at radius 1 is 1.30 bits per heavy atom. The molecular formula is C16H23NO3. The van der Waals surface area contributed by atoms with Crippen molar-refractivity contribution < 1.29 is 14.2 Å². The minimum absolute atomic E-state index is 0.230. The number of nitrogens with one attached hydrogen (secondary N) is 1.